The van der Waals surface area contributed by atoms with Crippen LogP contribution in [0.3, 0.4) is 0 Å². The molecule has 7 N–H and O–H groups in total. The van der Waals surface area contributed by atoms with Gasteiger partial charge in [-0.25, -0.2) is 9.36 Å². The smallest absolute Gasteiger partial charge is 0.390 e. The molecule has 0 aliphatic carbocycles. The average molecular weight is 339 g/mol. The predicted molar refractivity (Wildman–Crippen MR) is 73.6 cm³/mol. The molecule has 22 heavy (non-hydrogen) atoms. The fraction of sp³-hybridized carbons (Fsp3) is 0.600. The zero-order valence-electron chi connectivity index (χ0n) is 11.7. The number of aromatic amines is 1. The summed E-state index contributed by atoms with van der Waals surface area (Å²) in [4.78, 5) is 42.3. The van der Waals surface area contributed by atoms with Crippen LogP contribution in [0.5, 0.6) is 0 Å². The van der Waals surface area contributed by atoms with Crippen molar-refractivity contribution in [1.82, 2.24) is 15.7 Å². The second-order valence-corrected chi connectivity index (χ2v) is 5.94. The fourth-order valence-corrected chi connectivity index (χ4v) is 2.35. The van der Waals surface area contributed by atoms with E-state index in [1.54, 1.807) is 0 Å². The second-order valence-electron chi connectivity index (χ2n) is 4.70. The summed E-state index contributed by atoms with van der Waals surface area (Å²) >= 11 is 0. The van der Waals surface area contributed by atoms with E-state index in [2.05, 4.69) is 9.51 Å². The maximum Gasteiger partial charge on any atom is 0.469 e. The molecule has 3 atom stereocenters. The summed E-state index contributed by atoms with van der Waals surface area (Å²) in [5, 5.41) is 9.79. The first-order valence-electron chi connectivity index (χ1n) is 6.03. The number of phosphoric acid groups is 1. The molecule has 1 aromatic rings. The van der Waals surface area contributed by atoms with Crippen molar-refractivity contribution in [3.63, 3.8) is 0 Å². The molecule has 0 aromatic carbocycles. The lowest BCUT2D eigenvalue weighted by Crippen LogP contribution is -2.33. The largest absolute Gasteiger partial charge is 0.469 e. The molecule has 0 spiro atoms. The monoisotopic (exact) mass is 339 g/mol. The number of H-pyrrole nitrogens is 1. The minimum atomic E-state index is -4.67. The Labute approximate surface area is 124 Å². The minimum absolute atomic E-state index is 0. The van der Waals surface area contributed by atoms with Crippen molar-refractivity contribution in [3.8, 4) is 0 Å². The molecular weight excluding hydrogens is 321 g/mol. The van der Waals surface area contributed by atoms with E-state index in [9.17, 15) is 19.3 Å². The molecule has 12 heteroatoms. The van der Waals surface area contributed by atoms with Crippen LogP contribution in [0.15, 0.2) is 15.8 Å². The third kappa shape index (κ3) is 4.34. The van der Waals surface area contributed by atoms with E-state index in [0.29, 0.717) is 5.56 Å². The van der Waals surface area contributed by atoms with Gasteiger partial charge in [0.1, 0.15) is 12.3 Å². The predicted octanol–water partition coefficient (Wildman–Crippen LogP) is -1.24. The van der Waals surface area contributed by atoms with Crippen LogP contribution in [0.25, 0.3) is 0 Å². The Hall–Kier alpha value is -1.33. The number of aliphatic hydroxyl groups is 1. The number of rotatable bonds is 4. The number of nitrogens with zero attached hydrogens (tertiary/aromatic N) is 1. The van der Waals surface area contributed by atoms with Gasteiger partial charge in [-0.05, 0) is 6.92 Å². The summed E-state index contributed by atoms with van der Waals surface area (Å²) in [5.74, 6) is 0. The van der Waals surface area contributed by atoms with Gasteiger partial charge in [0.2, 0.25) is 0 Å². The lowest BCUT2D eigenvalue weighted by molar-refractivity contribution is -0.0451. The number of ether oxygens (including phenoxy) is 1. The van der Waals surface area contributed by atoms with Gasteiger partial charge < -0.3 is 25.8 Å². The normalized spacial score (nSPS) is 25.0. The molecule has 2 heterocycles. The van der Waals surface area contributed by atoms with E-state index in [1.165, 1.54) is 13.1 Å². The van der Waals surface area contributed by atoms with Gasteiger partial charge in [0.25, 0.3) is 5.56 Å². The fourth-order valence-electron chi connectivity index (χ4n) is 2.01. The topological polar surface area (TPSA) is 186 Å². The van der Waals surface area contributed by atoms with Gasteiger partial charge in [0, 0.05) is 18.2 Å². The Morgan fingerprint density at radius 3 is 2.73 bits per heavy atom. The van der Waals surface area contributed by atoms with E-state index in [0.717, 1.165) is 4.57 Å². The lowest BCUT2D eigenvalue weighted by atomic mass is 10.2. The number of hydrogen-bond acceptors (Lipinski definition) is 7. The van der Waals surface area contributed by atoms with Crippen molar-refractivity contribution >= 4 is 7.82 Å². The van der Waals surface area contributed by atoms with Crippen molar-refractivity contribution in [2.45, 2.75) is 31.8 Å². The molecule has 11 nitrogen and oxygen atoms in total. The van der Waals surface area contributed by atoms with Gasteiger partial charge in [-0.3, -0.25) is 18.9 Å². The van der Waals surface area contributed by atoms with Crippen LogP contribution >= 0.6 is 7.82 Å². The highest BCUT2D eigenvalue weighted by Crippen LogP contribution is 2.38. The zero-order chi connectivity index (χ0) is 15.8. The molecule has 2 rings (SSSR count). The van der Waals surface area contributed by atoms with E-state index in [-0.39, 0.29) is 12.6 Å². The third-order valence-corrected chi connectivity index (χ3v) is 3.55. The number of aliphatic hydroxyl groups excluding tert-OH is 1. The maximum absolute atomic E-state index is 11.7. The first-order valence-corrected chi connectivity index (χ1v) is 7.56. The summed E-state index contributed by atoms with van der Waals surface area (Å²) in [5.41, 5.74) is -0.918. The molecular formula is C10H18N3O8P. The highest BCUT2D eigenvalue weighted by atomic mass is 31.2. The van der Waals surface area contributed by atoms with Crippen LogP contribution in [-0.4, -0.2) is 43.3 Å². The van der Waals surface area contributed by atoms with Crippen LogP contribution in [0.1, 0.15) is 18.2 Å². The maximum atomic E-state index is 11.7. The van der Waals surface area contributed by atoms with Crippen molar-refractivity contribution in [2.75, 3.05) is 6.61 Å². The van der Waals surface area contributed by atoms with Crippen LogP contribution in [-0.2, 0) is 13.8 Å². The summed E-state index contributed by atoms with van der Waals surface area (Å²) in [6.07, 6.45) is -1.57. The average Bonchev–Trinajstić information content (AvgIpc) is 2.72. The molecule has 1 fully saturated rings. The molecule has 1 aliphatic heterocycles. The Balaban J connectivity index is 0.00000242. The van der Waals surface area contributed by atoms with Crippen molar-refractivity contribution < 1.29 is 28.7 Å². The van der Waals surface area contributed by atoms with Crippen LogP contribution < -0.4 is 17.4 Å². The van der Waals surface area contributed by atoms with Crippen LogP contribution in [0.2, 0.25) is 0 Å². The molecule has 1 aromatic heterocycles. The molecule has 126 valence electrons. The first-order chi connectivity index (χ1) is 9.67. The van der Waals surface area contributed by atoms with Gasteiger partial charge in [-0.2, -0.15) is 0 Å². The van der Waals surface area contributed by atoms with Crippen molar-refractivity contribution in [1.29, 1.82) is 0 Å². The van der Waals surface area contributed by atoms with E-state index in [1.807, 2.05) is 0 Å². The number of phosphoric ester groups is 1. The molecule has 0 radical (unpaired) electrons. The Morgan fingerprint density at radius 2 is 2.14 bits per heavy atom. The van der Waals surface area contributed by atoms with Gasteiger partial charge in [0.15, 0.2) is 0 Å². The lowest BCUT2D eigenvalue weighted by Gasteiger charge is -2.16. The first kappa shape index (κ1) is 18.7. The SMILES string of the molecule is Cc1cn([C@H]2C[C@H](O)[C@@H](COP(=O)(O)O)O2)c(=O)[nH]c1=O.N. The van der Waals surface area contributed by atoms with E-state index < -0.39 is 44.1 Å². The van der Waals surface area contributed by atoms with Gasteiger partial charge in [-0.15, -0.1) is 0 Å². The zero-order valence-corrected chi connectivity index (χ0v) is 12.6. The minimum Gasteiger partial charge on any atom is -0.390 e. The number of aromatic nitrogens is 2. The standard InChI is InChI=1S/C10H15N2O8P.H3N/c1-5-3-12(10(15)11-9(5)14)8-2-6(13)7(20-8)4-19-21(16,17)18;/h3,6-8,13H,2,4H2,1H3,(H,11,14,15)(H2,16,17,18);1H3/t6-,7+,8+;/m0./s1. The number of aryl methyl sites for hydroxylation is 1. The quantitative estimate of drug-likeness (QED) is 0.418. The molecule has 1 aliphatic rings. The second kappa shape index (κ2) is 6.84. The van der Waals surface area contributed by atoms with Crippen LogP contribution in [0, 0.1) is 6.92 Å². The van der Waals surface area contributed by atoms with Gasteiger partial charge in [-0.1, -0.05) is 0 Å². The Kier molecular flexibility index (Phi) is 5.82. The number of nitrogens with one attached hydrogen (secondary N) is 1. The number of hydrogen-bond donors (Lipinski definition) is 5. The summed E-state index contributed by atoms with van der Waals surface area (Å²) in [7, 11) is -4.67. The van der Waals surface area contributed by atoms with Crippen molar-refractivity contribution in [2.24, 2.45) is 0 Å². The van der Waals surface area contributed by atoms with E-state index in [4.69, 9.17) is 14.5 Å². The van der Waals surface area contributed by atoms with Crippen LogP contribution in [0.4, 0.5) is 0 Å². The summed E-state index contributed by atoms with van der Waals surface area (Å²) in [6, 6.07) is 0. The molecule has 1 saturated heterocycles. The third-order valence-electron chi connectivity index (χ3n) is 3.07. The Bertz CT molecular complexity index is 679. The Morgan fingerprint density at radius 1 is 1.50 bits per heavy atom. The summed E-state index contributed by atoms with van der Waals surface area (Å²) < 4.78 is 21.4. The molecule has 0 amide bonds. The molecule has 0 bridgehead atoms. The highest BCUT2D eigenvalue weighted by molar-refractivity contribution is 7.46. The van der Waals surface area contributed by atoms with E-state index >= 15 is 0 Å². The summed E-state index contributed by atoms with van der Waals surface area (Å²) in [6.45, 7) is 0.994. The van der Waals surface area contributed by atoms with Crippen molar-refractivity contribution in [3.05, 3.63) is 32.6 Å². The van der Waals surface area contributed by atoms with Gasteiger partial charge >= 0.3 is 13.5 Å². The molecule has 0 unspecified atom stereocenters. The highest BCUT2D eigenvalue weighted by Gasteiger charge is 2.37. The van der Waals surface area contributed by atoms with Gasteiger partial charge in [0.05, 0.1) is 12.7 Å². The molecule has 0 saturated carbocycles.